The molecule has 178 valence electrons. The van der Waals surface area contributed by atoms with Gasteiger partial charge in [0, 0.05) is 10.0 Å². The summed E-state index contributed by atoms with van der Waals surface area (Å²) in [7, 11) is 0. The fourth-order valence-corrected chi connectivity index (χ4v) is 4.65. The van der Waals surface area contributed by atoms with Crippen LogP contribution in [-0.4, -0.2) is 17.8 Å². The Morgan fingerprint density at radius 2 is 1.67 bits per heavy atom. The van der Waals surface area contributed by atoms with E-state index in [-0.39, 0.29) is 5.57 Å². The average Bonchev–Trinajstić information content (AvgIpc) is 2.87. The number of ether oxygens (including phenoxy) is 1. The minimum atomic E-state index is -0.786. The number of aryl methyl sites for hydroxylation is 1. The molecule has 1 aliphatic rings. The molecule has 0 radical (unpaired) electrons. The van der Waals surface area contributed by atoms with Crippen LogP contribution in [0.2, 0.25) is 0 Å². The maximum absolute atomic E-state index is 13.5. The second-order valence-corrected chi connectivity index (χ2v) is 9.28. The molecule has 1 fully saturated rings. The highest BCUT2D eigenvalue weighted by Crippen LogP contribution is 2.33. The maximum Gasteiger partial charge on any atom is 0.335 e. The number of amides is 4. The number of imide groups is 2. The molecule has 1 saturated heterocycles. The molecule has 4 amide bonds. The highest BCUT2D eigenvalue weighted by atomic mass is 79.9. The largest absolute Gasteiger partial charge is 0.488 e. The third-order valence-electron chi connectivity index (χ3n) is 5.96. The molecule has 0 unspecified atom stereocenters. The van der Waals surface area contributed by atoms with Crippen LogP contribution in [0.5, 0.6) is 5.75 Å². The zero-order chi connectivity index (χ0) is 25.2. The first kappa shape index (κ1) is 23.5. The molecule has 0 saturated carbocycles. The van der Waals surface area contributed by atoms with Crippen LogP contribution in [0, 0.1) is 6.92 Å². The van der Waals surface area contributed by atoms with Crippen molar-refractivity contribution in [2.75, 3.05) is 4.90 Å². The highest BCUT2D eigenvalue weighted by Gasteiger charge is 2.37. The first-order chi connectivity index (χ1) is 17.4. The first-order valence-corrected chi connectivity index (χ1v) is 12.1. The van der Waals surface area contributed by atoms with E-state index in [4.69, 9.17) is 4.74 Å². The average molecular weight is 541 g/mol. The fraction of sp³-hybridized carbons (Fsp3) is 0.0690. The Hall–Kier alpha value is -4.23. The summed E-state index contributed by atoms with van der Waals surface area (Å²) in [6, 6.07) is 25.5. The Bertz CT molecular complexity index is 1550. The summed E-state index contributed by atoms with van der Waals surface area (Å²) in [6.45, 7) is 2.11. The van der Waals surface area contributed by atoms with Crippen molar-refractivity contribution >= 4 is 56.3 Å². The predicted molar refractivity (Wildman–Crippen MR) is 143 cm³/mol. The minimum absolute atomic E-state index is 0.155. The standard InChI is InChI=1S/C29H21BrN2O4/c1-18-15-21(30)12-13-25(18)32-28(34)24(27(33)31-29(32)35)16-23-22-10-6-5-9-20(22)11-14-26(23)36-17-19-7-3-2-4-8-19/h2-16H,17H2,1H3,(H,31,33,35)/b24-16-. The molecular weight excluding hydrogens is 520 g/mol. The molecule has 0 bridgehead atoms. The number of hydrogen-bond acceptors (Lipinski definition) is 4. The van der Waals surface area contributed by atoms with Crippen molar-refractivity contribution in [2.45, 2.75) is 13.5 Å². The van der Waals surface area contributed by atoms with Gasteiger partial charge in [-0.1, -0.05) is 76.6 Å². The van der Waals surface area contributed by atoms with Crippen LogP contribution in [0.3, 0.4) is 0 Å². The zero-order valence-electron chi connectivity index (χ0n) is 19.3. The van der Waals surface area contributed by atoms with Crippen LogP contribution < -0.4 is 15.0 Å². The number of barbiturate groups is 1. The summed E-state index contributed by atoms with van der Waals surface area (Å²) in [4.78, 5) is 40.1. The number of carbonyl (C=O) groups is 3. The maximum atomic E-state index is 13.5. The van der Waals surface area contributed by atoms with Gasteiger partial charge in [-0.2, -0.15) is 0 Å². The lowest BCUT2D eigenvalue weighted by Gasteiger charge is -2.27. The van der Waals surface area contributed by atoms with E-state index in [1.807, 2.05) is 66.7 Å². The molecule has 4 aromatic rings. The number of nitrogens with one attached hydrogen (secondary N) is 1. The Labute approximate surface area is 216 Å². The SMILES string of the molecule is Cc1cc(Br)ccc1N1C(=O)NC(=O)/C(=C/c2c(OCc3ccccc3)ccc3ccccc23)C1=O. The lowest BCUT2D eigenvalue weighted by molar-refractivity contribution is -0.122. The number of halogens is 1. The van der Waals surface area contributed by atoms with Gasteiger partial charge in [-0.3, -0.25) is 14.9 Å². The molecule has 5 rings (SSSR count). The first-order valence-electron chi connectivity index (χ1n) is 11.3. The van der Waals surface area contributed by atoms with Gasteiger partial charge in [0.1, 0.15) is 17.9 Å². The van der Waals surface area contributed by atoms with E-state index in [0.717, 1.165) is 25.7 Å². The summed E-state index contributed by atoms with van der Waals surface area (Å²) in [6.07, 6.45) is 1.51. The molecule has 1 N–H and O–H groups in total. The van der Waals surface area contributed by atoms with Gasteiger partial charge in [0.25, 0.3) is 11.8 Å². The molecule has 7 heteroatoms. The Balaban J connectivity index is 1.60. The molecule has 36 heavy (non-hydrogen) atoms. The van der Waals surface area contributed by atoms with Crippen LogP contribution in [-0.2, 0) is 16.2 Å². The second kappa shape index (κ2) is 9.79. The van der Waals surface area contributed by atoms with E-state index in [9.17, 15) is 14.4 Å². The van der Waals surface area contributed by atoms with Gasteiger partial charge in [-0.15, -0.1) is 0 Å². The predicted octanol–water partition coefficient (Wildman–Crippen LogP) is 6.16. The number of fused-ring (bicyclic) bond motifs is 1. The number of carbonyl (C=O) groups excluding carboxylic acids is 3. The smallest absolute Gasteiger partial charge is 0.335 e. The summed E-state index contributed by atoms with van der Waals surface area (Å²) in [5.74, 6) is -0.928. The molecule has 1 aliphatic heterocycles. The normalized spacial score (nSPS) is 14.9. The van der Waals surface area contributed by atoms with Crippen molar-refractivity contribution in [3.8, 4) is 5.75 Å². The monoisotopic (exact) mass is 540 g/mol. The van der Waals surface area contributed by atoms with Gasteiger partial charge in [0.15, 0.2) is 0 Å². The van der Waals surface area contributed by atoms with Crippen LogP contribution in [0.4, 0.5) is 10.5 Å². The van der Waals surface area contributed by atoms with Gasteiger partial charge >= 0.3 is 6.03 Å². The topological polar surface area (TPSA) is 75.7 Å². The molecule has 0 aromatic heterocycles. The van der Waals surface area contributed by atoms with E-state index in [2.05, 4.69) is 21.2 Å². The lowest BCUT2D eigenvalue weighted by atomic mass is 9.99. The van der Waals surface area contributed by atoms with Crippen molar-refractivity contribution < 1.29 is 19.1 Å². The highest BCUT2D eigenvalue weighted by molar-refractivity contribution is 9.10. The molecule has 1 heterocycles. The van der Waals surface area contributed by atoms with E-state index < -0.39 is 17.8 Å². The van der Waals surface area contributed by atoms with Crippen LogP contribution in [0.25, 0.3) is 16.8 Å². The Kier molecular flexibility index (Phi) is 6.40. The summed E-state index contributed by atoms with van der Waals surface area (Å²) in [5, 5.41) is 4.05. The van der Waals surface area contributed by atoms with Crippen LogP contribution in [0.15, 0.2) is 95.0 Å². The van der Waals surface area contributed by atoms with E-state index in [1.54, 1.807) is 25.1 Å². The summed E-state index contributed by atoms with van der Waals surface area (Å²) >= 11 is 3.40. The second-order valence-electron chi connectivity index (χ2n) is 8.36. The minimum Gasteiger partial charge on any atom is -0.488 e. The molecule has 0 spiro atoms. The number of rotatable bonds is 5. The molecule has 0 atom stereocenters. The molecule has 0 aliphatic carbocycles. The third kappa shape index (κ3) is 4.53. The van der Waals surface area contributed by atoms with Gasteiger partial charge in [-0.25, -0.2) is 9.69 Å². The number of hydrogen-bond donors (Lipinski definition) is 1. The van der Waals surface area contributed by atoms with Crippen LogP contribution >= 0.6 is 15.9 Å². The fourth-order valence-electron chi connectivity index (χ4n) is 4.18. The number of anilines is 1. The third-order valence-corrected chi connectivity index (χ3v) is 6.45. The number of urea groups is 1. The molecular formula is C29H21BrN2O4. The number of nitrogens with zero attached hydrogens (tertiary/aromatic N) is 1. The van der Waals surface area contributed by atoms with Crippen molar-refractivity contribution in [3.05, 3.63) is 112 Å². The van der Waals surface area contributed by atoms with E-state index in [0.29, 0.717) is 29.2 Å². The van der Waals surface area contributed by atoms with E-state index in [1.165, 1.54) is 6.08 Å². The molecule has 4 aromatic carbocycles. The van der Waals surface area contributed by atoms with Crippen LogP contribution in [0.1, 0.15) is 16.7 Å². The van der Waals surface area contributed by atoms with Gasteiger partial charge in [0.2, 0.25) is 0 Å². The van der Waals surface area contributed by atoms with E-state index >= 15 is 0 Å². The van der Waals surface area contributed by atoms with Gasteiger partial charge < -0.3 is 4.74 Å². The molecule has 6 nitrogen and oxygen atoms in total. The quantitative estimate of drug-likeness (QED) is 0.243. The van der Waals surface area contributed by atoms with Crippen molar-refractivity contribution in [2.24, 2.45) is 0 Å². The summed E-state index contributed by atoms with van der Waals surface area (Å²) < 4.78 is 6.95. The van der Waals surface area contributed by atoms with Gasteiger partial charge in [-0.05, 0) is 59.2 Å². The Morgan fingerprint density at radius 1 is 0.917 bits per heavy atom. The van der Waals surface area contributed by atoms with Gasteiger partial charge in [0.05, 0.1) is 5.69 Å². The lowest BCUT2D eigenvalue weighted by Crippen LogP contribution is -2.54. The van der Waals surface area contributed by atoms with Crippen molar-refractivity contribution in [3.63, 3.8) is 0 Å². The van der Waals surface area contributed by atoms with Crippen molar-refractivity contribution in [1.82, 2.24) is 5.32 Å². The summed E-state index contributed by atoms with van der Waals surface area (Å²) in [5.41, 5.74) is 2.52. The Morgan fingerprint density at radius 3 is 2.44 bits per heavy atom. The number of benzene rings is 4. The van der Waals surface area contributed by atoms with Crippen molar-refractivity contribution in [1.29, 1.82) is 0 Å². The zero-order valence-corrected chi connectivity index (χ0v) is 20.9.